The van der Waals surface area contributed by atoms with Gasteiger partial charge in [-0.15, -0.1) is 0 Å². The Balaban J connectivity index is 1.57. The van der Waals surface area contributed by atoms with Gasteiger partial charge in [0.25, 0.3) is 0 Å². The summed E-state index contributed by atoms with van der Waals surface area (Å²) in [7, 11) is -3.08. The Hall–Kier alpha value is -0.390. The van der Waals surface area contributed by atoms with Crippen molar-refractivity contribution in [1.29, 1.82) is 0 Å². The van der Waals surface area contributed by atoms with Crippen molar-refractivity contribution in [2.75, 3.05) is 25.9 Å². The minimum absolute atomic E-state index is 0.228. The number of likely N-dealkylation sites (tertiary alicyclic amines) is 1. The van der Waals surface area contributed by atoms with Gasteiger partial charge >= 0.3 is 0 Å². The molecule has 2 fully saturated rings. The van der Waals surface area contributed by atoms with Crippen LogP contribution in [0.2, 0.25) is 0 Å². The average Bonchev–Trinajstić information content (AvgIpc) is 2.68. The molecule has 0 bridgehead atoms. The largest absolute Gasteiger partial charge is 0.303 e. The Labute approximate surface area is 142 Å². The quantitative estimate of drug-likeness (QED) is 0.722. The van der Waals surface area contributed by atoms with Crippen LogP contribution in [0.25, 0.3) is 0 Å². The first-order valence-electron chi connectivity index (χ1n) is 9.40. The van der Waals surface area contributed by atoms with Crippen molar-refractivity contribution < 1.29 is 8.42 Å². The number of hydrogen-bond donors (Lipinski definition) is 0. The van der Waals surface area contributed by atoms with Crippen LogP contribution < -0.4 is 0 Å². The van der Waals surface area contributed by atoms with E-state index >= 15 is 0 Å². The molecule has 4 nitrogen and oxygen atoms in total. The minimum atomic E-state index is -3.08. The van der Waals surface area contributed by atoms with Crippen LogP contribution in [0.4, 0.5) is 0 Å². The topological polar surface area (TPSA) is 40.6 Å². The van der Waals surface area contributed by atoms with Gasteiger partial charge in [-0.05, 0) is 70.4 Å². The van der Waals surface area contributed by atoms with Crippen LogP contribution in [0.15, 0.2) is 12.2 Å². The summed E-state index contributed by atoms with van der Waals surface area (Å²) in [6, 6.07) is 0.511. The second kappa shape index (κ2) is 7.66. The van der Waals surface area contributed by atoms with Crippen LogP contribution in [0.5, 0.6) is 0 Å². The van der Waals surface area contributed by atoms with E-state index in [1.807, 2.05) is 4.31 Å². The summed E-state index contributed by atoms with van der Waals surface area (Å²) < 4.78 is 26.4. The molecule has 1 saturated carbocycles. The highest BCUT2D eigenvalue weighted by Crippen LogP contribution is 2.32. The van der Waals surface area contributed by atoms with E-state index in [0.29, 0.717) is 0 Å². The third-order valence-electron chi connectivity index (χ3n) is 5.86. The van der Waals surface area contributed by atoms with Gasteiger partial charge in [-0.3, -0.25) is 0 Å². The Morgan fingerprint density at radius 3 is 2.35 bits per heavy atom. The van der Waals surface area contributed by atoms with Crippen molar-refractivity contribution in [3.63, 3.8) is 0 Å². The third kappa shape index (κ3) is 4.58. The lowest BCUT2D eigenvalue weighted by atomic mass is 9.91. The van der Waals surface area contributed by atoms with E-state index in [1.54, 1.807) is 0 Å². The first-order valence-corrected chi connectivity index (χ1v) is 11.2. The molecule has 3 aliphatic rings. The maximum atomic E-state index is 12.3. The molecular weight excluding hydrogens is 308 g/mol. The van der Waals surface area contributed by atoms with Crippen LogP contribution in [-0.4, -0.2) is 55.6 Å². The Morgan fingerprint density at radius 2 is 1.74 bits per heavy atom. The molecule has 0 aromatic rings. The first kappa shape index (κ1) is 17.4. The maximum absolute atomic E-state index is 12.3. The van der Waals surface area contributed by atoms with Crippen molar-refractivity contribution in [3.8, 4) is 0 Å². The second-order valence-electron chi connectivity index (χ2n) is 7.71. The molecule has 2 atom stereocenters. The highest BCUT2D eigenvalue weighted by atomic mass is 32.2. The predicted octanol–water partition coefficient (Wildman–Crippen LogP) is 3.01. The Bertz CT molecular complexity index is 513. The van der Waals surface area contributed by atoms with Gasteiger partial charge in [0.15, 0.2) is 0 Å². The first-order chi connectivity index (χ1) is 11.0. The fourth-order valence-corrected chi connectivity index (χ4v) is 5.95. The normalized spacial score (nSPS) is 31.0. The number of hydrogen-bond acceptors (Lipinski definition) is 3. The molecule has 2 aliphatic carbocycles. The Kier molecular flexibility index (Phi) is 5.81. The van der Waals surface area contributed by atoms with Crippen molar-refractivity contribution in [3.05, 3.63) is 12.2 Å². The molecule has 0 N–H and O–H groups in total. The van der Waals surface area contributed by atoms with Gasteiger partial charge in [-0.25, -0.2) is 8.42 Å². The minimum Gasteiger partial charge on any atom is -0.303 e. The molecule has 1 saturated heterocycles. The van der Waals surface area contributed by atoms with Crippen molar-refractivity contribution in [1.82, 2.24) is 9.21 Å². The summed E-state index contributed by atoms with van der Waals surface area (Å²) in [6.45, 7) is 3.39. The van der Waals surface area contributed by atoms with E-state index in [9.17, 15) is 8.42 Å². The summed E-state index contributed by atoms with van der Waals surface area (Å²) in [5.74, 6) is 0.800. The van der Waals surface area contributed by atoms with Crippen LogP contribution in [0.3, 0.4) is 0 Å². The predicted molar refractivity (Wildman–Crippen MR) is 94.9 cm³/mol. The average molecular weight is 341 g/mol. The zero-order valence-corrected chi connectivity index (χ0v) is 15.3. The fraction of sp³-hybridized carbons (Fsp3) is 0.889. The lowest BCUT2D eigenvalue weighted by Crippen LogP contribution is -2.49. The van der Waals surface area contributed by atoms with E-state index in [0.717, 1.165) is 51.1 Å². The van der Waals surface area contributed by atoms with Crippen LogP contribution in [-0.2, 0) is 10.0 Å². The molecule has 1 heterocycles. The molecule has 0 aromatic heterocycles. The van der Waals surface area contributed by atoms with Gasteiger partial charge in [0.1, 0.15) is 0 Å². The number of allylic oxidation sites excluding steroid dienone is 2. The molecule has 0 aromatic carbocycles. The molecule has 0 spiro atoms. The number of nitrogens with zero attached hydrogens (tertiary/aromatic N) is 2. The molecule has 1 aliphatic heterocycles. The summed E-state index contributed by atoms with van der Waals surface area (Å²) >= 11 is 0. The van der Waals surface area contributed by atoms with Gasteiger partial charge in [0, 0.05) is 18.6 Å². The van der Waals surface area contributed by atoms with Crippen molar-refractivity contribution in [2.45, 2.75) is 69.9 Å². The van der Waals surface area contributed by atoms with Gasteiger partial charge in [-0.1, -0.05) is 18.6 Å². The van der Waals surface area contributed by atoms with E-state index in [-0.39, 0.29) is 12.1 Å². The monoisotopic (exact) mass is 340 g/mol. The Morgan fingerprint density at radius 1 is 1.00 bits per heavy atom. The lowest BCUT2D eigenvalue weighted by Gasteiger charge is -2.40. The maximum Gasteiger partial charge on any atom is 0.211 e. The summed E-state index contributed by atoms with van der Waals surface area (Å²) in [6.07, 6.45) is 16.3. The SMILES string of the molecule is CS(=O)(=O)N(C1CCC1)[C@H]1CCCN(C[C@H]2CC=CCC2)CC1. The van der Waals surface area contributed by atoms with Crippen LogP contribution >= 0.6 is 0 Å². The summed E-state index contributed by atoms with van der Waals surface area (Å²) in [4.78, 5) is 2.59. The highest BCUT2D eigenvalue weighted by molar-refractivity contribution is 7.88. The number of rotatable bonds is 5. The molecular formula is C18H32N2O2S. The summed E-state index contributed by atoms with van der Waals surface area (Å²) in [5, 5.41) is 0. The van der Waals surface area contributed by atoms with Gasteiger partial charge in [-0.2, -0.15) is 4.31 Å². The molecule has 5 heteroatoms. The smallest absolute Gasteiger partial charge is 0.211 e. The number of sulfonamides is 1. The zero-order valence-electron chi connectivity index (χ0n) is 14.5. The van der Waals surface area contributed by atoms with Gasteiger partial charge in [0.05, 0.1) is 6.26 Å². The zero-order chi connectivity index (χ0) is 16.3. The lowest BCUT2D eigenvalue weighted by molar-refractivity contribution is 0.159. The third-order valence-corrected chi connectivity index (χ3v) is 7.22. The van der Waals surface area contributed by atoms with E-state index < -0.39 is 10.0 Å². The van der Waals surface area contributed by atoms with Crippen molar-refractivity contribution >= 4 is 10.0 Å². The van der Waals surface area contributed by atoms with E-state index in [2.05, 4.69) is 17.1 Å². The van der Waals surface area contributed by atoms with E-state index in [4.69, 9.17) is 0 Å². The highest BCUT2D eigenvalue weighted by Gasteiger charge is 2.37. The molecule has 0 unspecified atom stereocenters. The molecule has 23 heavy (non-hydrogen) atoms. The molecule has 132 valence electrons. The van der Waals surface area contributed by atoms with Crippen LogP contribution in [0, 0.1) is 5.92 Å². The summed E-state index contributed by atoms with van der Waals surface area (Å²) in [5.41, 5.74) is 0. The van der Waals surface area contributed by atoms with Crippen molar-refractivity contribution in [2.24, 2.45) is 5.92 Å². The van der Waals surface area contributed by atoms with E-state index in [1.165, 1.54) is 38.5 Å². The second-order valence-corrected chi connectivity index (χ2v) is 9.60. The standard InChI is InChI=1S/C18H32N2O2S/c1-23(21,22)20(17-9-5-10-17)18-11-6-13-19(14-12-18)15-16-7-3-2-4-8-16/h2-3,16-18H,4-15H2,1H3/t16-,18-/m0/s1. The molecule has 0 radical (unpaired) electrons. The molecule has 3 rings (SSSR count). The van der Waals surface area contributed by atoms with Gasteiger partial charge < -0.3 is 4.90 Å². The molecule has 0 amide bonds. The fourth-order valence-electron chi connectivity index (χ4n) is 4.44. The van der Waals surface area contributed by atoms with Crippen LogP contribution in [0.1, 0.15) is 57.8 Å². The van der Waals surface area contributed by atoms with Gasteiger partial charge in [0.2, 0.25) is 10.0 Å².